The molecule has 106 valence electrons. The molecule has 2 aromatic carbocycles. The number of fused-ring (bicyclic) bond motifs is 1. The first kappa shape index (κ1) is 14.1. The summed E-state index contributed by atoms with van der Waals surface area (Å²) >= 11 is 9.39. The predicted molar refractivity (Wildman–Crippen MR) is 84.9 cm³/mol. The number of rotatable bonds is 3. The molecular formula is C15H10BrClN2O2. The summed E-state index contributed by atoms with van der Waals surface area (Å²) < 4.78 is 2.55. The maximum Gasteiger partial charge on any atom is 0.357 e. The average molecular weight is 366 g/mol. The van der Waals surface area contributed by atoms with Crippen molar-refractivity contribution < 1.29 is 9.90 Å². The molecule has 6 heteroatoms. The normalized spacial score (nSPS) is 11.0. The van der Waals surface area contributed by atoms with Gasteiger partial charge in [-0.3, -0.25) is 4.68 Å². The molecule has 0 radical (unpaired) electrons. The molecule has 0 aliphatic carbocycles. The lowest BCUT2D eigenvalue weighted by molar-refractivity contribution is 0.0691. The Morgan fingerprint density at radius 3 is 2.76 bits per heavy atom. The van der Waals surface area contributed by atoms with Crippen molar-refractivity contribution in [1.29, 1.82) is 0 Å². The van der Waals surface area contributed by atoms with Crippen molar-refractivity contribution in [3.63, 3.8) is 0 Å². The first-order chi connectivity index (χ1) is 10.1. The summed E-state index contributed by atoms with van der Waals surface area (Å²) in [5, 5.41) is 14.7. The van der Waals surface area contributed by atoms with E-state index >= 15 is 0 Å². The van der Waals surface area contributed by atoms with E-state index in [4.69, 9.17) is 11.6 Å². The number of carboxylic acid groups (broad SMARTS) is 1. The quantitative estimate of drug-likeness (QED) is 0.757. The van der Waals surface area contributed by atoms with E-state index in [1.807, 2.05) is 18.2 Å². The van der Waals surface area contributed by atoms with Crippen LogP contribution in [0.4, 0.5) is 0 Å². The van der Waals surface area contributed by atoms with Crippen LogP contribution in [0, 0.1) is 0 Å². The van der Waals surface area contributed by atoms with Crippen molar-refractivity contribution in [1.82, 2.24) is 9.78 Å². The number of hydrogen-bond donors (Lipinski definition) is 1. The SMILES string of the molecule is O=C(O)c1nn(Cc2ccc(Cl)cc2Br)c2ccccc12. The highest BCUT2D eigenvalue weighted by Crippen LogP contribution is 2.25. The van der Waals surface area contributed by atoms with Gasteiger partial charge in [-0.05, 0) is 23.8 Å². The Kier molecular flexibility index (Phi) is 3.69. The molecule has 21 heavy (non-hydrogen) atoms. The summed E-state index contributed by atoms with van der Waals surface area (Å²) in [4.78, 5) is 11.3. The van der Waals surface area contributed by atoms with E-state index < -0.39 is 5.97 Å². The molecule has 1 N–H and O–H groups in total. The maximum atomic E-state index is 11.3. The molecule has 0 aliphatic heterocycles. The van der Waals surface area contributed by atoms with Crippen molar-refractivity contribution in [2.75, 3.05) is 0 Å². The van der Waals surface area contributed by atoms with Crippen molar-refractivity contribution in [3.05, 3.63) is 63.2 Å². The van der Waals surface area contributed by atoms with Crippen LogP contribution in [0.5, 0.6) is 0 Å². The molecule has 0 saturated carbocycles. The number of aromatic nitrogens is 2. The average Bonchev–Trinajstić information content (AvgIpc) is 2.81. The Balaban J connectivity index is 2.10. The Hall–Kier alpha value is -1.85. The third kappa shape index (κ3) is 2.66. The highest BCUT2D eigenvalue weighted by Gasteiger charge is 2.16. The molecule has 0 aliphatic rings. The minimum Gasteiger partial charge on any atom is -0.476 e. The molecule has 1 heterocycles. The van der Waals surface area contributed by atoms with Crippen LogP contribution in [0.2, 0.25) is 5.02 Å². The number of halogens is 2. The van der Waals surface area contributed by atoms with Crippen LogP contribution >= 0.6 is 27.5 Å². The molecule has 0 bridgehead atoms. The van der Waals surface area contributed by atoms with Gasteiger partial charge in [-0.25, -0.2) is 4.79 Å². The lowest BCUT2D eigenvalue weighted by Gasteiger charge is -2.06. The van der Waals surface area contributed by atoms with E-state index in [0.29, 0.717) is 17.0 Å². The van der Waals surface area contributed by atoms with E-state index in [1.54, 1.807) is 28.9 Å². The van der Waals surface area contributed by atoms with E-state index in [0.717, 1.165) is 15.6 Å². The van der Waals surface area contributed by atoms with Gasteiger partial charge >= 0.3 is 5.97 Å². The minimum absolute atomic E-state index is 0.0654. The second-order valence-electron chi connectivity index (χ2n) is 4.56. The fourth-order valence-electron chi connectivity index (χ4n) is 2.22. The molecule has 0 fully saturated rings. The number of para-hydroxylation sites is 1. The zero-order chi connectivity index (χ0) is 15.0. The largest absolute Gasteiger partial charge is 0.476 e. The van der Waals surface area contributed by atoms with Crippen LogP contribution in [0.3, 0.4) is 0 Å². The van der Waals surface area contributed by atoms with Crippen LogP contribution in [-0.4, -0.2) is 20.9 Å². The molecule has 3 aromatic rings. The van der Waals surface area contributed by atoms with Gasteiger partial charge in [-0.2, -0.15) is 5.10 Å². The van der Waals surface area contributed by atoms with Gasteiger partial charge in [-0.15, -0.1) is 0 Å². The van der Waals surface area contributed by atoms with Crippen LogP contribution in [0.25, 0.3) is 10.9 Å². The van der Waals surface area contributed by atoms with Gasteiger partial charge in [0.25, 0.3) is 0 Å². The van der Waals surface area contributed by atoms with Gasteiger partial charge in [0.05, 0.1) is 12.1 Å². The van der Waals surface area contributed by atoms with Crippen molar-refractivity contribution in [2.24, 2.45) is 0 Å². The molecule has 3 rings (SSSR count). The molecule has 1 aromatic heterocycles. The van der Waals surface area contributed by atoms with E-state index in [-0.39, 0.29) is 5.69 Å². The monoisotopic (exact) mass is 364 g/mol. The number of carbonyl (C=O) groups is 1. The summed E-state index contributed by atoms with van der Waals surface area (Å²) in [5.74, 6) is -1.03. The third-order valence-corrected chi connectivity index (χ3v) is 4.17. The maximum absolute atomic E-state index is 11.3. The lowest BCUT2D eigenvalue weighted by Crippen LogP contribution is -2.05. The molecule has 0 spiro atoms. The molecule has 0 amide bonds. The Morgan fingerprint density at radius 2 is 2.05 bits per heavy atom. The summed E-state index contributed by atoms with van der Waals surface area (Å²) in [6.45, 7) is 0.464. The van der Waals surface area contributed by atoms with Gasteiger partial charge in [-0.1, -0.05) is 51.8 Å². The first-order valence-corrected chi connectivity index (χ1v) is 7.36. The van der Waals surface area contributed by atoms with Gasteiger partial charge in [0, 0.05) is 14.9 Å². The fraction of sp³-hybridized carbons (Fsp3) is 0.0667. The Labute approximate surface area is 134 Å². The number of aromatic carboxylic acids is 1. The first-order valence-electron chi connectivity index (χ1n) is 6.19. The minimum atomic E-state index is -1.03. The molecule has 0 unspecified atom stereocenters. The van der Waals surface area contributed by atoms with Crippen molar-refractivity contribution in [3.8, 4) is 0 Å². The molecule has 0 atom stereocenters. The number of nitrogens with zero attached hydrogens (tertiary/aromatic N) is 2. The van der Waals surface area contributed by atoms with Crippen LogP contribution in [-0.2, 0) is 6.54 Å². The topological polar surface area (TPSA) is 55.1 Å². The second-order valence-corrected chi connectivity index (χ2v) is 5.86. The summed E-state index contributed by atoms with van der Waals surface area (Å²) in [6, 6.07) is 12.8. The fourth-order valence-corrected chi connectivity index (χ4v) is 3.03. The molecular weight excluding hydrogens is 356 g/mol. The highest BCUT2D eigenvalue weighted by atomic mass is 79.9. The van der Waals surface area contributed by atoms with E-state index in [1.165, 1.54) is 0 Å². The smallest absolute Gasteiger partial charge is 0.357 e. The third-order valence-electron chi connectivity index (χ3n) is 3.20. The highest BCUT2D eigenvalue weighted by molar-refractivity contribution is 9.10. The number of hydrogen-bond acceptors (Lipinski definition) is 2. The van der Waals surface area contributed by atoms with Crippen LogP contribution in [0.1, 0.15) is 16.1 Å². The van der Waals surface area contributed by atoms with Crippen LogP contribution < -0.4 is 0 Å². The van der Waals surface area contributed by atoms with Gasteiger partial charge < -0.3 is 5.11 Å². The summed E-state index contributed by atoms with van der Waals surface area (Å²) in [5.41, 5.74) is 1.83. The number of benzene rings is 2. The Morgan fingerprint density at radius 1 is 1.29 bits per heavy atom. The van der Waals surface area contributed by atoms with Gasteiger partial charge in [0.1, 0.15) is 0 Å². The van der Waals surface area contributed by atoms with Gasteiger partial charge in [0.2, 0.25) is 0 Å². The lowest BCUT2D eigenvalue weighted by atomic mass is 10.2. The summed E-state index contributed by atoms with van der Waals surface area (Å²) in [6.07, 6.45) is 0. The molecule has 4 nitrogen and oxygen atoms in total. The van der Waals surface area contributed by atoms with E-state index in [9.17, 15) is 9.90 Å². The zero-order valence-corrected chi connectivity index (χ0v) is 13.1. The van der Waals surface area contributed by atoms with Crippen LogP contribution in [0.15, 0.2) is 46.9 Å². The summed E-state index contributed by atoms with van der Waals surface area (Å²) in [7, 11) is 0. The molecule has 0 saturated heterocycles. The van der Waals surface area contributed by atoms with Gasteiger partial charge in [0.15, 0.2) is 5.69 Å². The van der Waals surface area contributed by atoms with E-state index in [2.05, 4.69) is 21.0 Å². The predicted octanol–water partition coefficient (Wildman–Crippen LogP) is 4.20. The van der Waals surface area contributed by atoms with Crippen molar-refractivity contribution in [2.45, 2.75) is 6.54 Å². The second kappa shape index (κ2) is 5.50. The Bertz CT molecular complexity index is 845. The zero-order valence-electron chi connectivity index (χ0n) is 10.8. The number of carboxylic acids is 1. The van der Waals surface area contributed by atoms with Crippen molar-refractivity contribution >= 4 is 44.4 Å². The standard InChI is InChI=1S/C15H10BrClN2O2/c16-12-7-10(17)6-5-9(12)8-19-13-4-2-1-3-11(13)14(18-19)15(20)21/h1-7H,8H2,(H,20,21).